The zero-order valence-electron chi connectivity index (χ0n) is 10.2. The smallest absolute Gasteiger partial charge is 0.151 e. The predicted octanol–water partition coefficient (Wildman–Crippen LogP) is 2.11. The molecule has 0 atom stereocenters. The largest absolute Gasteiger partial charge is 0.363 e. The summed E-state index contributed by atoms with van der Waals surface area (Å²) in [5.41, 5.74) is 2.22. The molecule has 0 saturated carbocycles. The number of hydrogen-bond donors (Lipinski definition) is 1. The van der Waals surface area contributed by atoms with Crippen LogP contribution in [0.3, 0.4) is 0 Å². The molecule has 2 heterocycles. The second kappa shape index (κ2) is 5.03. The average Bonchev–Trinajstić information content (AvgIpc) is 2.83. The van der Waals surface area contributed by atoms with Gasteiger partial charge in [-0.05, 0) is 19.1 Å². The van der Waals surface area contributed by atoms with Gasteiger partial charge in [-0.15, -0.1) is 0 Å². The molecule has 2 rings (SSSR count). The van der Waals surface area contributed by atoms with Crippen LogP contribution in [-0.4, -0.2) is 21.0 Å². The first-order chi connectivity index (χ1) is 8.20. The molecule has 92 valence electrons. The molecule has 0 bridgehead atoms. The molecule has 0 aliphatic rings. The molecule has 0 aromatic carbocycles. The van der Waals surface area contributed by atoms with Crippen LogP contribution in [0.15, 0.2) is 24.5 Å². The van der Waals surface area contributed by atoms with Crippen LogP contribution in [0.25, 0.3) is 0 Å². The second-order valence-corrected chi connectivity index (χ2v) is 4.08. The topological polar surface area (TPSA) is 34.8 Å². The molecule has 0 amide bonds. The van der Waals surface area contributed by atoms with Gasteiger partial charge in [-0.1, -0.05) is 0 Å². The van der Waals surface area contributed by atoms with Crippen molar-refractivity contribution in [3.05, 3.63) is 35.8 Å². The highest BCUT2D eigenvalue weighted by atomic mass is 19.1. The van der Waals surface area contributed by atoms with E-state index in [-0.39, 0.29) is 0 Å². The van der Waals surface area contributed by atoms with Gasteiger partial charge in [-0.2, -0.15) is 5.10 Å². The maximum absolute atomic E-state index is 12.2. The van der Waals surface area contributed by atoms with Crippen LogP contribution in [0.2, 0.25) is 0 Å². The first-order valence-electron chi connectivity index (χ1n) is 5.65. The molecule has 0 fully saturated rings. The van der Waals surface area contributed by atoms with E-state index >= 15 is 0 Å². The monoisotopic (exact) mass is 236 g/mol. The summed E-state index contributed by atoms with van der Waals surface area (Å²) in [5.74, 6) is 0.819. The van der Waals surface area contributed by atoms with E-state index in [0.29, 0.717) is 6.54 Å². The van der Waals surface area contributed by atoms with Gasteiger partial charge in [0.05, 0.1) is 13.1 Å². The Morgan fingerprint density at radius 2 is 2.29 bits per heavy atom. The summed E-state index contributed by atoms with van der Waals surface area (Å²) in [6.45, 7) is 2.61. The molecule has 0 aliphatic carbocycles. The van der Waals surface area contributed by atoms with E-state index in [1.807, 2.05) is 32.4 Å². The van der Waals surface area contributed by atoms with Crippen molar-refractivity contribution in [2.45, 2.75) is 20.0 Å². The number of anilines is 1. The normalized spacial score (nSPS) is 10.8. The third-order valence-corrected chi connectivity index (χ3v) is 2.75. The Morgan fingerprint density at radius 1 is 1.47 bits per heavy atom. The van der Waals surface area contributed by atoms with Crippen molar-refractivity contribution in [3.63, 3.8) is 0 Å². The number of halogens is 1. The molecule has 2 aromatic heterocycles. The van der Waals surface area contributed by atoms with Crippen molar-refractivity contribution >= 4 is 5.82 Å². The van der Waals surface area contributed by atoms with Gasteiger partial charge in [0.1, 0.15) is 6.67 Å². The van der Waals surface area contributed by atoms with E-state index in [0.717, 1.165) is 17.9 Å². The summed E-state index contributed by atoms with van der Waals surface area (Å²) in [7, 11) is 2.01. The lowest BCUT2D eigenvalue weighted by atomic mass is 10.3. The summed E-state index contributed by atoms with van der Waals surface area (Å²) in [5, 5.41) is 7.54. The van der Waals surface area contributed by atoms with E-state index in [1.54, 1.807) is 4.68 Å². The summed E-state index contributed by atoms with van der Waals surface area (Å²) in [4.78, 5) is 0. The Balaban J connectivity index is 2.01. The first kappa shape index (κ1) is 11.7. The van der Waals surface area contributed by atoms with E-state index in [1.165, 1.54) is 5.69 Å². The third kappa shape index (κ3) is 2.67. The zero-order valence-corrected chi connectivity index (χ0v) is 10.2. The minimum absolute atomic E-state index is 0.312. The highest BCUT2D eigenvalue weighted by Crippen LogP contribution is 2.13. The van der Waals surface area contributed by atoms with Crippen LogP contribution < -0.4 is 5.32 Å². The van der Waals surface area contributed by atoms with Crippen molar-refractivity contribution in [2.75, 3.05) is 12.0 Å². The molecule has 0 saturated heterocycles. The molecule has 4 nitrogen and oxygen atoms in total. The average molecular weight is 236 g/mol. The molecule has 5 heteroatoms. The number of rotatable bonds is 5. The fourth-order valence-corrected chi connectivity index (χ4v) is 1.75. The molecule has 1 N–H and O–H groups in total. The minimum Gasteiger partial charge on any atom is -0.363 e. The Labute approximate surface area is 100 Å². The summed E-state index contributed by atoms with van der Waals surface area (Å²) in [6.07, 6.45) is 3.86. The lowest BCUT2D eigenvalue weighted by Gasteiger charge is -2.05. The van der Waals surface area contributed by atoms with Crippen molar-refractivity contribution in [1.29, 1.82) is 0 Å². The summed E-state index contributed by atoms with van der Waals surface area (Å²) < 4.78 is 15.9. The fraction of sp³-hybridized carbons (Fsp3) is 0.417. The van der Waals surface area contributed by atoms with Gasteiger partial charge in [-0.25, -0.2) is 4.39 Å². The van der Waals surface area contributed by atoms with Crippen molar-refractivity contribution < 1.29 is 4.39 Å². The van der Waals surface area contributed by atoms with Gasteiger partial charge in [0.15, 0.2) is 5.82 Å². The number of aryl methyl sites for hydroxylation is 3. The van der Waals surface area contributed by atoms with E-state index in [4.69, 9.17) is 0 Å². The number of nitrogens with one attached hydrogen (secondary N) is 1. The van der Waals surface area contributed by atoms with Gasteiger partial charge in [0.25, 0.3) is 0 Å². The molecule has 0 aliphatic heterocycles. The highest BCUT2D eigenvalue weighted by molar-refractivity contribution is 5.42. The van der Waals surface area contributed by atoms with Crippen LogP contribution in [-0.2, 0) is 20.1 Å². The van der Waals surface area contributed by atoms with Crippen molar-refractivity contribution in [1.82, 2.24) is 14.3 Å². The maximum atomic E-state index is 12.2. The standard InChI is InChI=1S/C12H17FN4/c1-10-9-17(7-5-13)15-12(10)14-8-11-4-3-6-16(11)2/h3-4,6,9H,5,7-8H2,1-2H3,(H,14,15). The molecule has 0 unspecified atom stereocenters. The molecular formula is C12H17FN4. The van der Waals surface area contributed by atoms with Gasteiger partial charge in [0.2, 0.25) is 0 Å². The Hall–Kier alpha value is -1.78. The number of nitrogens with zero attached hydrogens (tertiary/aromatic N) is 3. The van der Waals surface area contributed by atoms with Crippen LogP contribution in [0.4, 0.5) is 10.2 Å². The van der Waals surface area contributed by atoms with Crippen LogP contribution >= 0.6 is 0 Å². The third-order valence-electron chi connectivity index (χ3n) is 2.75. The lowest BCUT2D eigenvalue weighted by Crippen LogP contribution is -2.06. The zero-order chi connectivity index (χ0) is 12.3. The molecule has 2 aromatic rings. The SMILES string of the molecule is Cc1cn(CCF)nc1NCc1cccn1C. The lowest BCUT2D eigenvalue weighted by molar-refractivity contribution is 0.427. The second-order valence-electron chi connectivity index (χ2n) is 4.08. The molecule has 0 radical (unpaired) electrons. The van der Waals surface area contributed by atoms with Gasteiger partial charge in [-0.3, -0.25) is 4.68 Å². The highest BCUT2D eigenvalue weighted by Gasteiger charge is 2.05. The summed E-state index contributed by atoms with van der Waals surface area (Å²) >= 11 is 0. The Kier molecular flexibility index (Phi) is 3.46. The van der Waals surface area contributed by atoms with Crippen LogP contribution in [0.5, 0.6) is 0 Å². The Morgan fingerprint density at radius 3 is 2.94 bits per heavy atom. The predicted molar refractivity (Wildman–Crippen MR) is 65.7 cm³/mol. The van der Waals surface area contributed by atoms with E-state index < -0.39 is 6.67 Å². The fourth-order valence-electron chi connectivity index (χ4n) is 1.75. The number of hydrogen-bond acceptors (Lipinski definition) is 2. The van der Waals surface area contributed by atoms with E-state index in [2.05, 4.69) is 21.0 Å². The van der Waals surface area contributed by atoms with Crippen molar-refractivity contribution in [2.24, 2.45) is 7.05 Å². The van der Waals surface area contributed by atoms with E-state index in [9.17, 15) is 4.39 Å². The van der Waals surface area contributed by atoms with Crippen molar-refractivity contribution in [3.8, 4) is 0 Å². The molecular weight excluding hydrogens is 219 g/mol. The van der Waals surface area contributed by atoms with Crippen LogP contribution in [0, 0.1) is 6.92 Å². The summed E-state index contributed by atoms with van der Waals surface area (Å²) in [6, 6.07) is 4.06. The molecule has 0 spiro atoms. The maximum Gasteiger partial charge on any atom is 0.151 e. The molecule has 17 heavy (non-hydrogen) atoms. The first-order valence-corrected chi connectivity index (χ1v) is 5.65. The van der Waals surface area contributed by atoms with Gasteiger partial charge in [0, 0.05) is 30.7 Å². The van der Waals surface area contributed by atoms with Crippen LogP contribution in [0.1, 0.15) is 11.3 Å². The Bertz CT molecular complexity index is 486. The number of alkyl halides is 1. The van der Waals surface area contributed by atoms with Gasteiger partial charge >= 0.3 is 0 Å². The minimum atomic E-state index is -0.391. The van der Waals surface area contributed by atoms with Gasteiger partial charge < -0.3 is 9.88 Å². The quantitative estimate of drug-likeness (QED) is 0.863. The number of aromatic nitrogens is 3.